The van der Waals surface area contributed by atoms with Crippen LogP contribution in [-0.2, 0) is 0 Å². The molecule has 0 saturated carbocycles. The first-order valence-corrected chi connectivity index (χ1v) is 5.26. The van der Waals surface area contributed by atoms with Crippen LogP contribution in [0, 0.1) is 0 Å². The Morgan fingerprint density at radius 1 is 1.38 bits per heavy atom. The van der Waals surface area contributed by atoms with Gasteiger partial charge in [-0.1, -0.05) is 0 Å². The van der Waals surface area contributed by atoms with Crippen LogP contribution in [0.3, 0.4) is 0 Å². The van der Waals surface area contributed by atoms with Gasteiger partial charge in [0.15, 0.2) is 0 Å². The highest BCUT2D eigenvalue weighted by molar-refractivity contribution is 4.93. The predicted octanol–water partition coefficient (Wildman–Crippen LogP) is 0.408. The molecule has 1 saturated heterocycles. The SMILES string of the molecule is CNC1(CN)CCN(C(C)C)CC1. The fourth-order valence-electron chi connectivity index (χ4n) is 2.02. The lowest BCUT2D eigenvalue weighted by Crippen LogP contribution is -2.57. The number of likely N-dealkylation sites (N-methyl/N-ethyl adjacent to an activating group) is 1. The Labute approximate surface area is 81.7 Å². The van der Waals surface area contributed by atoms with Gasteiger partial charge in [-0.25, -0.2) is 0 Å². The molecule has 0 aromatic rings. The smallest absolute Gasteiger partial charge is 0.0325 e. The second-order valence-electron chi connectivity index (χ2n) is 4.36. The summed E-state index contributed by atoms with van der Waals surface area (Å²) in [6.07, 6.45) is 2.36. The van der Waals surface area contributed by atoms with Gasteiger partial charge < -0.3 is 16.0 Å². The summed E-state index contributed by atoms with van der Waals surface area (Å²) in [4.78, 5) is 2.52. The monoisotopic (exact) mass is 185 g/mol. The van der Waals surface area contributed by atoms with E-state index in [9.17, 15) is 0 Å². The first-order chi connectivity index (χ1) is 6.13. The summed E-state index contributed by atoms with van der Waals surface area (Å²) in [5.74, 6) is 0. The molecule has 0 atom stereocenters. The zero-order chi connectivity index (χ0) is 9.90. The molecular weight excluding hydrogens is 162 g/mol. The predicted molar refractivity (Wildman–Crippen MR) is 56.8 cm³/mol. The van der Waals surface area contributed by atoms with Crippen LogP contribution in [0.25, 0.3) is 0 Å². The zero-order valence-electron chi connectivity index (χ0n) is 9.14. The van der Waals surface area contributed by atoms with Crippen LogP contribution in [0.4, 0.5) is 0 Å². The van der Waals surface area contributed by atoms with Crippen molar-refractivity contribution in [1.29, 1.82) is 0 Å². The maximum absolute atomic E-state index is 5.79. The number of rotatable bonds is 3. The molecule has 0 unspecified atom stereocenters. The van der Waals surface area contributed by atoms with Gasteiger partial charge in [0.25, 0.3) is 0 Å². The molecule has 0 amide bonds. The normalized spacial score (nSPS) is 23.8. The second kappa shape index (κ2) is 4.40. The van der Waals surface area contributed by atoms with Crippen LogP contribution >= 0.6 is 0 Å². The van der Waals surface area contributed by atoms with Gasteiger partial charge >= 0.3 is 0 Å². The van der Waals surface area contributed by atoms with E-state index in [1.165, 1.54) is 25.9 Å². The third-order valence-corrected chi connectivity index (χ3v) is 3.41. The fraction of sp³-hybridized carbons (Fsp3) is 1.00. The molecule has 1 aliphatic heterocycles. The summed E-state index contributed by atoms with van der Waals surface area (Å²) in [6.45, 7) is 7.63. The number of hydrogen-bond donors (Lipinski definition) is 2. The van der Waals surface area contributed by atoms with E-state index in [0.29, 0.717) is 6.04 Å². The van der Waals surface area contributed by atoms with Crippen molar-refractivity contribution in [2.45, 2.75) is 38.3 Å². The van der Waals surface area contributed by atoms with Crippen molar-refractivity contribution in [3.8, 4) is 0 Å². The van der Waals surface area contributed by atoms with E-state index in [2.05, 4.69) is 24.1 Å². The van der Waals surface area contributed by atoms with Crippen molar-refractivity contribution >= 4 is 0 Å². The molecule has 1 heterocycles. The summed E-state index contributed by atoms with van der Waals surface area (Å²) in [5, 5.41) is 3.37. The number of nitrogens with zero attached hydrogens (tertiary/aromatic N) is 1. The molecule has 0 radical (unpaired) electrons. The van der Waals surface area contributed by atoms with E-state index >= 15 is 0 Å². The second-order valence-corrected chi connectivity index (χ2v) is 4.36. The lowest BCUT2D eigenvalue weighted by atomic mass is 9.87. The van der Waals surface area contributed by atoms with E-state index in [1.54, 1.807) is 0 Å². The molecule has 0 aromatic carbocycles. The van der Waals surface area contributed by atoms with Crippen molar-refractivity contribution in [1.82, 2.24) is 10.2 Å². The highest BCUT2D eigenvalue weighted by Gasteiger charge is 2.32. The third kappa shape index (κ3) is 2.42. The minimum absolute atomic E-state index is 0.214. The van der Waals surface area contributed by atoms with Crippen molar-refractivity contribution < 1.29 is 0 Å². The van der Waals surface area contributed by atoms with Crippen molar-refractivity contribution in [2.24, 2.45) is 5.73 Å². The van der Waals surface area contributed by atoms with E-state index in [4.69, 9.17) is 5.73 Å². The Morgan fingerprint density at radius 2 is 1.92 bits per heavy atom. The molecule has 0 aliphatic carbocycles. The molecule has 0 spiro atoms. The maximum Gasteiger partial charge on any atom is 0.0325 e. The Hall–Kier alpha value is -0.120. The average molecular weight is 185 g/mol. The number of piperidine rings is 1. The standard InChI is InChI=1S/C10H23N3/c1-9(2)13-6-4-10(8-11,12-3)5-7-13/h9,12H,4-8,11H2,1-3H3. The van der Waals surface area contributed by atoms with Crippen molar-refractivity contribution in [2.75, 3.05) is 26.7 Å². The summed E-state index contributed by atoms with van der Waals surface area (Å²) >= 11 is 0. The van der Waals surface area contributed by atoms with Gasteiger partial charge in [-0.15, -0.1) is 0 Å². The largest absolute Gasteiger partial charge is 0.329 e. The fourth-order valence-corrected chi connectivity index (χ4v) is 2.02. The Bertz CT molecular complexity index is 142. The maximum atomic E-state index is 5.79. The first kappa shape index (κ1) is 11.0. The Morgan fingerprint density at radius 3 is 2.23 bits per heavy atom. The quantitative estimate of drug-likeness (QED) is 0.669. The Kier molecular flexibility index (Phi) is 3.71. The number of hydrogen-bond acceptors (Lipinski definition) is 3. The van der Waals surface area contributed by atoms with E-state index < -0.39 is 0 Å². The summed E-state index contributed by atoms with van der Waals surface area (Å²) in [7, 11) is 2.03. The van der Waals surface area contributed by atoms with E-state index in [-0.39, 0.29) is 5.54 Å². The van der Waals surface area contributed by atoms with Crippen molar-refractivity contribution in [3.63, 3.8) is 0 Å². The lowest BCUT2D eigenvalue weighted by Gasteiger charge is -2.42. The van der Waals surface area contributed by atoms with Crippen LogP contribution in [-0.4, -0.2) is 43.2 Å². The highest BCUT2D eigenvalue weighted by Crippen LogP contribution is 2.21. The molecule has 13 heavy (non-hydrogen) atoms. The summed E-state index contributed by atoms with van der Waals surface area (Å²) in [5.41, 5.74) is 6.00. The van der Waals surface area contributed by atoms with Gasteiger partial charge in [-0.2, -0.15) is 0 Å². The number of nitrogens with two attached hydrogens (primary N) is 1. The van der Waals surface area contributed by atoms with E-state index in [1.807, 2.05) is 7.05 Å². The molecule has 78 valence electrons. The van der Waals surface area contributed by atoms with Crippen LogP contribution < -0.4 is 11.1 Å². The molecule has 3 heteroatoms. The number of nitrogens with one attached hydrogen (secondary N) is 1. The van der Waals surface area contributed by atoms with Gasteiger partial charge in [0.05, 0.1) is 0 Å². The Balaban J connectivity index is 2.45. The van der Waals surface area contributed by atoms with Crippen LogP contribution in [0.5, 0.6) is 0 Å². The van der Waals surface area contributed by atoms with E-state index in [0.717, 1.165) is 6.54 Å². The molecule has 1 rings (SSSR count). The summed E-state index contributed by atoms with van der Waals surface area (Å²) in [6, 6.07) is 0.674. The number of likely N-dealkylation sites (tertiary alicyclic amines) is 1. The third-order valence-electron chi connectivity index (χ3n) is 3.41. The van der Waals surface area contributed by atoms with Gasteiger partial charge in [0.1, 0.15) is 0 Å². The minimum Gasteiger partial charge on any atom is -0.329 e. The molecule has 1 fully saturated rings. The van der Waals surface area contributed by atoms with Crippen LogP contribution in [0.2, 0.25) is 0 Å². The van der Waals surface area contributed by atoms with Crippen molar-refractivity contribution in [3.05, 3.63) is 0 Å². The molecule has 3 N–H and O–H groups in total. The van der Waals surface area contributed by atoms with Crippen LogP contribution in [0.1, 0.15) is 26.7 Å². The highest BCUT2D eigenvalue weighted by atomic mass is 15.2. The topological polar surface area (TPSA) is 41.3 Å². The molecule has 0 bridgehead atoms. The van der Waals surface area contributed by atoms with Gasteiger partial charge in [-0.3, -0.25) is 0 Å². The van der Waals surface area contributed by atoms with Gasteiger partial charge in [0, 0.05) is 31.2 Å². The lowest BCUT2D eigenvalue weighted by molar-refractivity contribution is 0.119. The molecule has 3 nitrogen and oxygen atoms in total. The molecule has 1 aliphatic rings. The molecular formula is C10H23N3. The average Bonchev–Trinajstić information content (AvgIpc) is 2.18. The zero-order valence-corrected chi connectivity index (χ0v) is 9.14. The van der Waals surface area contributed by atoms with Gasteiger partial charge in [-0.05, 0) is 33.7 Å². The van der Waals surface area contributed by atoms with Gasteiger partial charge in [0.2, 0.25) is 0 Å². The van der Waals surface area contributed by atoms with Crippen LogP contribution in [0.15, 0.2) is 0 Å². The first-order valence-electron chi connectivity index (χ1n) is 5.26. The minimum atomic E-state index is 0.214. The molecule has 0 aromatic heterocycles. The summed E-state index contributed by atoms with van der Waals surface area (Å²) < 4.78 is 0.